The summed E-state index contributed by atoms with van der Waals surface area (Å²) < 4.78 is 5.39. The summed E-state index contributed by atoms with van der Waals surface area (Å²) in [7, 11) is 1.84. The molecule has 0 N–H and O–H groups in total. The van der Waals surface area contributed by atoms with E-state index in [1.165, 1.54) is 23.3 Å². The highest BCUT2D eigenvalue weighted by Crippen LogP contribution is 2.31. The van der Waals surface area contributed by atoms with Crippen molar-refractivity contribution >= 4 is 17.2 Å². The molecule has 2 aromatic rings. The number of hydrogen-bond acceptors (Lipinski definition) is 3. The third kappa shape index (κ3) is 2.40. The van der Waals surface area contributed by atoms with Crippen molar-refractivity contribution < 1.29 is 9.21 Å². The lowest BCUT2D eigenvalue weighted by Crippen LogP contribution is -2.28. The minimum atomic E-state index is -0.0448. The predicted octanol–water partition coefficient (Wildman–Crippen LogP) is 4.05. The van der Waals surface area contributed by atoms with Gasteiger partial charge in [0.15, 0.2) is 0 Å². The molecule has 0 bridgehead atoms. The van der Waals surface area contributed by atoms with Crippen LogP contribution in [0.3, 0.4) is 0 Å². The molecule has 2 heterocycles. The number of rotatable bonds is 3. The Morgan fingerprint density at radius 3 is 2.90 bits per heavy atom. The van der Waals surface area contributed by atoms with E-state index in [9.17, 15) is 4.79 Å². The lowest BCUT2D eigenvalue weighted by Gasteiger charge is -2.22. The average molecular weight is 289 g/mol. The van der Waals surface area contributed by atoms with E-state index in [0.29, 0.717) is 0 Å². The summed E-state index contributed by atoms with van der Waals surface area (Å²) in [5.41, 5.74) is 1.38. The Morgan fingerprint density at radius 2 is 2.20 bits per heavy atom. The van der Waals surface area contributed by atoms with E-state index < -0.39 is 0 Å². The summed E-state index contributed by atoms with van der Waals surface area (Å²) in [6, 6.07) is 5.81. The van der Waals surface area contributed by atoms with Crippen LogP contribution in [0.15, 0.2) is 28.9 Å². The number of nitrogens with zero attached hydrogens (tertiary/aromatic N) is 1. The molecule has 1 atom stereocenters. The van der Waals surface area contributed by atoms with Crippen molar-refractivity contribution in [3.05, 3.63) is 45.5 Å². The largest absolute Gasteiger partial charge is 0.467 e. The van der Waals surface area contributed by atoms with Crippen LogP contribution in [-0.4, -0.2) is 17.9 Å². The quantitative estimate of drug-likeness (QED) is 0.854. The highest BCUT2D eigenvalue weighted by atomic mass is 32.1. The fourth-order valence-corrected chi connectivity index (χ4v) is 3.90. The summed E-state index contributed by atoms with van der Waals surface area (Å²) >= 11 is 1.66. The molecule has 0 fully saturated rings. The molecule has 0 saturated heterocycles. The van der Waals surface area contributed by atoms with E-state index in [1.54, 1.807) is 22.5 Å². The lowest BCUT2D eigenvalue weighted by atomic mass is 9.99. The molecule has 0 aliphatic heterocycles. The summed E-state index contributed by atoms with van der Waals surface area (Å²) in [5, 5.41) is 0. The number of aryl methyl sites for hydroxylation is 2. The molecular weight excluding hydrogens is 270 g/mol. The van der Waals surface area contributed by atoms with E-state index in [0.717, 1.165) is 23.5 Å². The fourth-order valence-electron chi connectivity index (χ4n) is 2.67. The first-order valence-electron chi connectivity index (χ1n) is 7.09. The van der Waals surface area contributed by atoms with Gasteiger partial charge < -0.3 is 9.32 Å². The van der Waals surface area contributed by atoms with E-state index >= 15 is 0 Å². The highest BCUT2D eigenvalue weighted by molar-refractivity contribution is 7.14. The molecule has 3 nitrogen and oxygen atoms in total. The van der Waals surface area contributed by atoms with Crippen LogP contribution in [-0.2, 0) is 12.8 Å². The Hall–Kier alpha value is -1.55. The summed E-state index contributed by atoms with van der Waals surface area (Å²) in [6.07, 6.45) is 6.39. The van der Waals surface area contributed by atoms with Crippen molar-refractivity contribution in [1.82, 2.24) is 4.90 Å². The fraction of sp³-hybridized carbons (Fsp3) is 0.438. The summed E-state index contributed by atoms with van der Waals surface area (Å²) in [4.78, 5) is 16.6. The Labute approximate surface area is 123 Å². The lowest BCUT2D eigenvalue weighted by molar-refractivity contribution is 0.0731. The van der Waals surface area contributed by atoms with Crippen molar-refractivity contribution in [3.63, 3.8) is 0 Å². The molecule has 1 amide bonds. The third-order valence-electron chi connectivity index (χ3n) is 4.06. The van der Waals surface area contributed by atoms with Gasteiger partial charge in [-0.1, -0.05) is 0 Å². The van der Waals surface area contributed by atoms with Crippen molar-refractivity contribution in [2.24, 2.45) is 0 Å². The molecule has 1 aliphatic carbocycles. The van der Waals surface area contributed by atoms with Crippen LogP contribution < -0.4 is 0 Å². The standard InChI is InChI=1S/C16H19NO2S/c1-11(13-7-5-9-19-13)17(2)16(18)15-10-12-6-3-4-8-14(12)20-15/h5,7,9-11H,3-4,6,8H2,1-2H3. The van der Waals surface area contributed by atoms with Crippen molar-refractivity contribution in [1.29, 1.82) is 0 Å². The maximum absolute atomic E-state index is 12.6. The Kier molecular flexibility index (Phi) is 3.66. The first kappa shape index (κ1) is 13.4. The van der Waals surface area contributed by atoms with E-state index in [4.69, 9.17) is 4.42 Å². The van der Waals surface area contributed by atoms with Crippen LogP contribution in [0.25, 0.3) is 0 Å². The topological polar surface area (TPSA) is 33.5 Å². The van der Waals surface area contributed by atoms with Crippen LogP contribution >= 0.6 is 11.3 Å². The van der Waals surface area contributed by atoms with Gasteiger partial charge in [0.05, 0.1) is 17.2 Å². The van der Waals surface area contributed by atoms with Crippen LogP contribution in [0.2, 0.25) is 0 Å². The monoisotopic (exact) mass is 289 g/mol. The van der Waals surface area contributed by atoms with E-state index in [2.05, 4.69) is 6.07 Å². The van der Waals surface area contributed by atoms with Gasteiger partial charge in [-0.3, -0.25) is 4.79 Å². The highest BCUT2D eigenvalue weighted by Gasteiger charge is 2.24. The molecule has 20 heavy (non-hydrogen) atoms. The number of fused-ring (bicyclic) bond motifs is 1. The van der Waals surface area contributed by atoms with Crippen LogP contribution in [0, 0.1) is 0 Å². The van der Waals surface area contributed by atoms with Crippen molar-refractivity contribution in [2.45, 2.75) is 38.6 Å². The molecule has 1 unspecified atom stereocenters. The zero-order valence-corrected chi connectivity index (χ0v) is 12.7. The van der Waals surface area contributed by atoms with Crippen molar-refractivity contribution in [3.8, 4) is 0 Å². The number of carbonyl (C=O) groups is 1. The number of hydrogen-bond donors (Lipinski definition) is 0. The first-order chi connectivity index (χ1) is 9.66. The first-order valence-corrected chi connectivity index (χ1v) is 7.90. The Morgan fingerprint density at radius 1 is 1.40 bits per heavy atom. The number of furan rings is 1. The minimum Gasteiger partial charge on any atom is -0.467 e. The molecule has 0 radical (unpaired) electrons. The normalized spacial score (nSPS) is 15.7. The number of amides is 1. The van der Waals surface area contributed by atoms with Gasteiger partial charge in [0.2, 0.25) is 0 Å². The second-order valence-corrected chi connectivity index (χ2v) is 6.51. The SMILES string of the molecule is CC(c1ccco1)N(C)C(=O)c1cc2c(s1)CCCC2. The third-order valence-corrected chi connectivity index (χ3v) is 5.29. The van der Waals surface area contributed by atoms with Gasteiger partial charge in [0.1, 0.15) is 5.76 Å². The maximum Gasteiger partial charge on any atom is 0.264 e. The molecule has 0 spiro atoms. The van der Waals surface area contributed by atoms with Crippen LogP contribution in [0.5, 0.6) is 0 Å². The van der Waals surface area contributed by atoms with E-state index in [1.807, 2.05) is 26.1 Å². The van der Waals surface area contributed by atoms with Gasteiger partial charge in [-0.05, 0) is 56.4 Å². The predicted molar refractivity (Wildman–Crippen MR) is 80.2 cm³/mol. The second-order valence-electron chi connectivity index (χ2n) is 5.37. The smallest absolute Gasteiger partial charge is 0.264 e. The molecule has 106 valence electrons. The zero-order chi connectivity index (χ0) is 14.1. The molecule has 0 aromatic carbocycles. The molecule has 1 aliphatic rings. The number of carbonyl (C=O) groups excluding carboxylic acids is 1. The maximum atomic E-state index is 12.6. The summed E-state index contributed by atoms with van der Waals surface area (Å²) in [5.74, 6) is 0.912. The average Bonchev–Trinajstić information content (AvgIpc) is 3.13. The zero-order valence-electron chi connectivity index (χ0n) is 11.9. The van der Waals surface area contributed by atoms with Gasteiger partial charge in [0, 0.05) is 11.9 Å². The summed E-state index contributed by atoms with van der Waals surface area (Å²) in [6.45, 7) is 1.99. The molecule has 0 saturated carbocycles. The molecular formula is C16H19NO2S. The van der Waals surface area contributed by atoms with Gasteiger partial charge in [-0.25, -0.2) is 0 Å². The van der Waals surface area contributed by atoms with Gasteiger partial charge in [-0.15, -0.1) is 11.3 Å². The molecule has 2 aromatic heterocycles. The Balaban J connectivity index is 1.79. The molecule has 3 rings (SSSR count). The Bertz CT molecular complexity index is 577. The van der Waals surface area contributed by atoms with Gasteiger partial charge in [-0.2, -0.15) is 0 Å². The number of thiophene rings is 1. The van der Waals surface area contributed by atoms with Crippen LogP contribution in [0.4, 0.5) is 0 Å². The second kappa shape index (κ2) is 5.44. The molecule has 4 heteroatoms. The van der Waals surface area contributed by atoms with Gasteiger partial charge in [0.25, 0.3) is 5.91 Å². The van der Waals surface area contributed by atoms with Gasteiger partial charge >= 0.3 is 0 Å². The van der Waals surface area contributed by atoms with Crippen LogP contribution in [0.1, 0.15) is 51.7 Å². The van der Waals surface area contributed by atoms with Crippen molar-refractivity contribution in [2.75, 3.05) is 7.05 Å². The van der Waals surface area contributed by atoms with E-state index in [-0.39, 0.29) is 11.9 Å². The minimum absolute atomic E-state index is 0.0448.